The zero-order valence-corrected chi connectivity index (χ0v) is 13.2. The number of hydrogen-bond donors (Lipinski definition) is 1. The first-order chi connectivity index (χ1) is 8.34. The molecule has 0 saturated heterocycles. The van der Waals surface area contributed by atoms with Crippen LogP contribution < -0.4 is 0 Å². The van der Waals surface area contributed by atoms with Gasteiger partial charge in [0.15, 0.2) is 0 Å². The molecule has 2 heteroatoms. The number of aliphatic hydroxyl groups is 1. The van der Waals surface area contributed by atoms with Crippen LogP contribution in [0.4, 0.5) is 0 Å². The number of rotatable bonds is 5. The van der Waals surface area contributed by atoms with Crippen molar-refractivity contribution in [1.82, 2.24) is 4.90 Å². The molecule has 0 aromatic rings. The van der Waals surface area contributed by atoms with Crippen LogP contribution >= 0.6 is 0 Å². The van der Waals surface area contributed by atoms with Crippen LogP contribution in [0.25, 0.3) is 0 Å². The minimum Gasteiger partial charge on any atom is -0.391 e. The van der Waals surface area contributed by atoms with E-state index in [1.165, 1.54) is 19.3 Å². The molecule has 0 radical (unpaired) electrons. The quantitative estimate of drug-likeness (QED) is 0.812. The fraction of sp³-hybridized carbons (Fsp3) is 1.00. The van der Waals surface area contributed by atoms with Crippen molar-refractivity contribution in [3.8, 4) is 0 Å². The molecule has 1 aliphatic rings. The summed E-state index contributed by atoms with van der Waals surface area (Å²) >= 11 is 0. The van der Waals surface area contributed by atoms with Gasteiger partial charge in [-0.15, -0.1) is 0 Å². The van der Waals surface area contributed by atoms with Crippen molar-refractivity contribution >= 4 is 0 Å². The van der Waals surface area contributed by atoms with Crippen LogP contribution in [0.5, 0.6) is 0 Å². The van der Waals surface area contributed by atoms with Crippen LogP contribution in [0.2, 0.25) is 0 Å². The summed E-state index contributed by atoms with van der Waals surface area (Å²) in [6, 6.07) is 0. The van der Waals surface area contributed by atoms with Gasteiger partial charge in [-0.25, -0.2) is 0 Å². The summed E-state index contributed by atoms with van der Waals surface area (Å²) in [5.41, 5.74) is -0.103. The molecule has 0 aromatic carbocycles. The zero-order valence-electron chi connectivity index (χ0n) is 13.2. The van der Waals surface area contributed by atoms with E-state index in [0.717, 1.165) is 24.9 Å². The van der Waals surface area contributed by atoms with Crippen molar-refractivity contribution < 1.29 is 5.11 Å². The lowest BCUT2D eigenvalue weighted by Gasteiger charge is -2.46. The van der Waals surface area contributed by atoms with E-state index < -0.39 is 0 Å². The molecule has 0 spiro atoms. The second-order valence-corrected chi connectivity index (χ2v) is 6.80. The summed E-state index contributed by atoms with van der Waals surface area (Å²) in [6.07, 6.45) is 3.45. The third-order valence-electron chi connectivity index (χ3n) is 5.39. The van der Waals surface area contributed by atoms with E-state index in [9.17, 15) is 5.11 Å². The highest BCUT2D eigenvalue weighted by molar-refractivity contribution is 4.94. The number of hydrogen-bond acceptors (Lipinski definition) is 2. The van der Waals surface area contributed by atoms with Crippen molar-refractivity contribution in [2.45, 2.75) is 72.4 Å². The largest absolute Gasteiger partial charge is 0.391 e. The van der Waals surface area contributed by atoms with Gasteiger partial charge in [0, 0.05) is 5.54 Å². The van der Waals surface area contributed by atoms with Crippen molar-refractivity contribution in [2.24, 2.45) is 17.8 Å². The summed E-state index contributed by atoms with van der Waals surface area (Å²) in [5, 5.41) is 10.8. The van der Waals surface area contributed by atoms with Crippen molar-refractivity contribution in [3.05, 3.63) is 0 Å². The first-order valence-corrected chi connectivity index (χ1v) is 7.77. The molecule has 0 aromatic heterocycles. The van der Waals surface area contributed by atoms with Gasteiger partial charge in [-0.05, 0) is 57.5 Å². The average molecular weight is 255 g/mol. The number of aliphatic hydroxyl groups excluding tert-OH is 1. The molecular formula is C16H33NO. The van der Waals surface area contributed by atoms with Gasteiger partial charge in [-0.3, -0.25) is 4.90 Å². The summed E-state index contributed by atoms with van der Waals surface area (Å²) in [4.78, 5) is 2.39. The maximum Gasteiger partial charge on any atom is 0.0746 e. The lowest BCUT2D eigenvalue weighted by Crippen LogP contribution is -2.55. The van der Waals surface area contributed by atoms with Gasteiger partial charge in [0.2, 0.25) is 0 Å². The predicted octanol–water partition coefficient (Wildman–Crippen LogP) is 3.54. The van der Waals surface area contributed by atoms with Crippen molar-refractivity contribution in [1.29, 1.82) is 0 Å². The van der Waals surface area contributed by atoms with Gasteiger partial charge < -0.3 is 5.11 Å². The van der Waals surface area contributed by atoms with Crippen LogP contribution in [-0.2, 0) is 0 Å². The zero-order chi connectivity index (χ0) is 13.9. The monoisotopic (exact) mass is 255 g/mol. The van der Waals surface area contributed by atoms with Gasteiger partial charge in [-0.1, -0.05) is 34.1 Å². The topological polar surface area (TPSA) is 23.5 Å². The molecule has 0 aliphatic heterocycles. The Labute approximate surface area is 114 Å². The van der Waals surface area contributed by atoms with Gasteiger partial charge in [0.25, 0.3) is 0 Å². The normalized spacial score (nSPS) is 31.7. The second kappa shape index (κ2) is 6.38. The first kappa shape index (κ1) is 16.0. The third kappa shape index (κ3) is 3.27. The molecule has 2 nitrogen and oxygen atoms in total. The van der Waals surface area contributed by atoms with Gasteiger partial charge in [0.05, 0.1) is 6.10 Å². The van der Waals surface area contributed by atoms with Crippen LogP contribution in [0.1, 0.15) is 60.8 Å². The molecule has 4 atom stereocenters. The third-order valence-corrected chi connectivity index (χ3v) is 5.39. The summed E-state index contributed by atoms with van der Waals surface area (Å²) < 4.78 is 0. The Morgan fingerprint density at radius 3 is 2.11 bits per heavy atom. The van der Waals surface area contributed by atoms with E-state index in [1.807, 2.05) is 0 Å². The predicted molar refractivity (Wildman–Crippen MR) is 78.7 cm³/mol. The Hall–Kier alpha value is -0.0800. The molecule has 1 saturated carbocycles. The Bertz CT molecular complexity index is 247. The van der Waals surface area contributed by atoms with E-state index in [0.29, 0.717) is 5.92 Å². The Morgan fingerprint density at radius 2 is 1.67 bits per heavy atom. The molecule has 18 heavy (non-hydrogen) atoms. The Balaban J connectivity index is 2.71. The van der Waals surface area contributed by atoms with Crippen molar-refractivity contribution in [2.75, 3.05) is 13.1 Å². The average Bonchev–Trinajstić information content (AvgIpc) is 2.33. The number of likely N-dealkylation sites (N-methyl/N-ethyl adjacent to an activating group) is 1. The van der Waals surface area contributed by atoms with E-state index in [-0.39, 0.29) is 11.6 Å². The molecule has 1 N–H and O–H groups in total. The van der Waals surface area contributed by atoms with E-state index in [1.54, 1.807) is 0 Å². The maximum absolute atomic E-state index is 10.8. The number of nitrogens with zero attached hydrogens (tertiary/aromatic N) is 1. The fourth-order valence-electron chi connectivity index (χ4n) is 3.68. The lowest BCUT2D eigenvalue weighted by atomic mass is 9.70. The molecule has 0 amide bonds. The Morgan fingerprint density at radius 1 is 1.11 bits per heavy atom. The van der Waals surface area contributed by atoms with Crippen LogP contribution in [-0.4, -0.2) is 34.7 Å². The Kier molecular flexibility index (Phi) is 5.67. The van der Waals surface area contributed by atoms with E-state index in [2.05, 4.69) is 46.4 Å². The molecule has 1 rings (SSSR count). The van der Waals surface area contributed by atoms with Crippen LogP contribution in [0, 0.1) is 17.8 Å². The summed E-state index contributed by atoms with van der Waals surface area (Å²) in [7, 11) is 0. The molecule has 0 heterocycles. The standard InChI is InChI=1S/C16H33NO/c1-7-17(8-2)16(5,6)15(18)14-10-9-12(3)13(4)11-14/h12-15,18H,7-11H2,1-6H3. The van der Waals surface area contributed by atoms with Crippen LogP contribution in [0.3, 0.4) is 0 Å². The lowest BCUT2D eigenvalue weighted by molar-refractivity contribution is -0.0558. The smallest absolute Gasteiger partial charge is 0.0746 e. The summed E-state index contributed by atoms with van der Waals surface area (Å²) in [5.74, 6) is 2.06. The second-order valence-electron chi connectivity index (χ2n) is 6.80. The minimum atomic E-state index is -0.202. The van der Waals surface area contributed by atoms with Gasteiger partial charge in [-0.2, -0.15) is 0 Å². The van der Waals surface area contributed by atoms with E-state index >= 15 is 0 Å². The fourth-order valence-corrected chi connectivity index (χ4v) is 3.68. The van der Waals surface area contributed by atoms with Crippen LogP contribution in [0.15, 0.2) is 0 Å². The molecule has 0 bridgehead atoms. The maximum atomic E-state index is 10.8. The highest BCUT2D eigenvalue weighted by Crippen LogP contribution is 2.38. The van der Waals surface area contributed by atoms with E-state index in [4.69, 9.17) is 0 Å². The SMILES string of the molecule is CCN(CC)C(C)(C)C(O)C1CCC(C)C(C)C1. The molecule has 1 aliphatic carbocycles. The first-order valence-electron chi connectivity index (χ1n) is 7.77. The van der Waals surface area contributed by atoms with Crippen molar-refractivity contribution in [3.63, 3.8) is 0 Å². The molecule has 1 fully saturated rings. The van der Waals surface area contributed by atoms with Gasteiger partial charge in [0.1, 0.15) is 0 Å². The minimum absolute atomic E-state index is 0.103. The molecular weight excluding hydrogens is 222 g/mol. The highest BCUT2D eigenvalue weighted by atomic mass is 16.3. The molecule has 4 unspecified atom stereocenters. The molecule has 108 valence electrons. The summed E-state index contributed by atoms with van der Waals surface area (Å²) in [6.45, 7) is 15.5. The highest BCUT2D eigenvalue weighted by Gasteiger charge is 2.40. The van der Waals surface area contributed by atoms with Gasteiger partial charge >= 0.3 is 0 Å².